The molecule has 3 rings (SSSR count). The molecule has 1 aliphatic rings. The molecule has 0 unspecified atom stereocenters. The summed E-state index contributed by atoms with van der Waals surface area (Å²) >= 11 is 0. The second-order valence-corrected chi connectivity index (χ2v) is 7.10. The first-order valence-corrected chi connectivity index (χ1v) is 9.26. The monoisotopic (exact) mass is 366 g/mol. The van der Waals surface area contributed by atoms with Gasteiger partial charge in [-0.25, -0.2) is 0 Å². The van der Waals surface area contributed by atoms with Gasteiger partial charge in [0.2, 0.25) is 5.91 Å². The third kappa shape index (κ3) is 4.95. The molecule has 1 aliphatic heterocycles. The van der Waals surface area contributed by atoms with Gasteiger partial charge in [-0.1, -0.05) is 18.2 Å². The van der Waals surface area contributed by atoms with Gasteiger partial charge in [0.1, 0.15) is 5.75 Å². The van der Waals surface area contributed by atoms with Crippen LogP contribution in [0.2, 0.25) is 0 Å². The molecule has 5 heteroatoms. The van der Waals surface area contributed by atoms with Crippen LogP contribution < -0.4 is 4.74 Å². The van der Waals surface area contributed by atoms with Gasteiger partial charge in [0, 0.05) is 37.4 Å². The zero-order chi connectivity index (χ0) is 19.1. The van der Waals surface area contributed by atoms with Crippen molar-refractivity contribution in [2.45, 2.75) is 19.3 Å². The molecular weight excluding hydrogens is 340 g/mol. The number of ether oxygens (including phenoxy) is 1. The van der Waals surface area contributed by atoms with Crippen molar-refractivity contribution in [1.82, 2.24) is 9.88 Å². The van der Waals surface area contributed by atoms with E-state index in [-0.39, 0.29) is 17.9 Å². The van der Waals surface area contributed by atoms with Crippen LogP contribution in [-0.4, -0.2) is 47.7 Å². The molecule has 2 aromatic rings. The number of aliphatic hydroxyl groups excluding tert-OH is 1. The molecule has 0 aliphatic carbocycles. The minimum absolute atomic E-state index is 0.00595. The van der Waals surface area contributed by atoms with Gasteiger partial charge in [0.25, 0.3) is 0 Å². The van der Waals surface area contributed by atoms with Crippen molar-refractivity contribution in [3.05, 3.63) is 66.0 Å². The fraction of sp³-hybridized carbons (Fsp3) is 0.364. The Morgan fingerprint density at radius 3 is 2.74 bits per heavy atom. The molecule has 1 aromatic carbocycles. The van der Waals surface area contributed by atoms with E-state index in [9.17, 15) is 9.90 Å². The van der Waals surface area contributed by atoms with Gasteiger partial charge in [-0.3, -0.25) is 9.78 Å². The lowest BCUT2D eigenvalue weighted by Crippen LogP contribution is -2.45. The Balaban J connectivity index is 1.60. The van der Waals surface area contributed by atoms with Gasteiger partial charge in [-0.05, 0) is 55.2 Å². The van der Waals surface area contributed by atoms with Crippen molar-refractivity contribution in [1.29, 1.82) is 0 Å². The lowest BCUT2D eigenvalue weighted by atomic mass is 9.74. The highest BCUT2D eigenvalue weighted by Crippen LogP contribution is 2.35. The molecule has 1 amide bonds. The lowest BCUT2D eigenvalue weighted by Gasteiger charge is -2.40. The molecule has 0 spiro atoms. The highest BCUT2D eigenvalue weighted by atomic mass is 16.5. The molecule has 1 aromatic heterocycles. The molecule has 0 bridgehead atoms. The Kier molecular flexibility index (Phi) is 6.24. The number of rotatable bonds is 6. The molecule has 0 saturated carbocycles. The van der Waals surface area contributed by atoms with Gasteiger partial charge >= 0.3 is 0 Å². The standard InChI is InChI=1S/C22H26N2O3/c1-27-20-7-4-5-18(15-20)16-22(17-25)10-13-24(14-11-22)21(26)9-8-19-6-2-3-12-23-19/h2-9,12,15,25H,10-11,13-14,16-17H2,1H3/b9-8+. The maximum Gasteiger partial charge on any atom is 0.246 e. The first-order chi connectivity index (χ1) is 13.1. The summed E-state index contributed by atoms with van der Waals surface area (Å²) in [5.41, 5.74) is 1.73. The van der Waals surface area contributed by atoms with Crippen LogP contribution >= 0.6 is 0 Å². The van der Waals surface area contributed by atoms with E-state index >= 15 is 0 Å². The summed E-state index contributed by atoms with van der Waals surface area (Å²) in [5, 5.41) is 10.0. The summed E-state index contributed by atoms with van der Waals surface area (Å²) in [6.45, 7) is 1.42. The van der Waals surface area contributed by atoms with Crippen LogP contribution in [0.5, 0.6) is 5.75 Å². The Morgan fingerprint density at radius 2 is 2.07 bits per heavy atom. The predicted octanol–water partition coefficient (Wildman–Crippen LogP) is 2.95. The number of aromatic nitrogens is 1. The van der Waals surface area contributed by atoms with Crippen LogP contribution in [-0.2, 0) is 11.2 Å². The van der Waals surface area contributed by atoms with Crippen LogP contribution in [0.1, 0.15) is 24.1 Å². The maximum atomic E-state index is 12.4. The maximum absolute atomic E-state index is 12.4. The van der Waals surface area contributed by atoms with E-state index in [1.807, 2.05) is 41.3 Å². The molecule has 0 atom stereocenters. The number of methoxy groups -OCH3 is 1. The number of aliphatic hydroxyl groups is 1. The highest BCUT2D eigenvalue weighted by Gasteiger charge is 2.35. The number of hydrogen-bond acceptors (Lipinski definition) is 4. The number of piperidine rings is 1. The minimum atomic E-state index is -0.187. The van der Waals surface area contributed by atoms with Gasteiger partial charge in [0.15, 0.2) is 0 Å². The van der Waals surface area contributed by atoms with E-state index in [1.54, 1.807) is 25.5 Å². The van der Waals surface area contributed by atoms with E-state index in [0.29, 0.717) is 13.1 Å². The first kappa shape index (κ1) is 19.1. The number of nitrogens with zero attached hydrogens (tertiary/aromatic N) is 2. The van der Waals surface area contributed by atoms with E-state index in [2.05, 4.69) is 11.1 Å². The summed E-state index contributed by atoms with van der Waals surface area (Å²) in [6, 6.07) is 13.6. The number of carbonyl (C=O) groups is 1. The average Bonchev–Trinajstić information content (AvgIpc) is 2.73. The molecule has 1 fully saturated rings. The van der Waals surface area contributed by atoms with Crippen molar-refractivity contribution in [3.63, 3.8) is 0 Å². The van der Waals surface area contributed by atoms with E-state index in [1.165, 1.54) is 0 Å². The molecule has 1 N–H and O–H groups in total. The fourth-order valence-electron chi connectivity index (χ4n) is 3.54. The smallest absolute Gasteiger partial charge is 0.246 e. The van der Waals surface area contributed by atoms with Crippen molar-refractivity contribution in [3.8, 4) is 5.75 Å². The second-order valence-electron chi connectivity index (χ2n) is 7.10. The predicted molar refractivity (Wildman–Crippen MR) is 105 cm³/mol. The first-order valence-electron chi connectivity index (χ1n) is 9.26. The molecule has 2 heterocycles. The summed E-state index contributed by atoms with van der Waals surface area (Å²) in [7, 11) is 1.66. The molecule has 27 heavy (non-hydrogen) atoms. The van der Waals surface area contributed by atoms with Gasteiger partial charge in [-0.15, -0.1) is 0 Å². The Bertz CT molecular complexity index is 781. The number of amides is 1. The normalized spacial score (nSPS) is 16.4. The Hall–Kier alpha value is -2.66. The summed E-state index contributed by atoms with van der Waals surface area (Å²) < 4.78 is 5.29. The zero-order valence-electron chi connectivity index (χ0n) is 15.7. The van der Waals surface area contributed by atoms with Crippen LogP contribution in [0.25, 0.3) is 6.08 Å². The summed E-state index contributed by atoms with van der Waals surface area (Å²) in [6.07, 6.45) is 7.38. The molecule has 5 nitrogen and oxygen atoms in total. The van der Waals surface area contributed by atoms with Crippen molar-refractivity contribution in [2.24, 2.45) is 5.41 Å². The lowest BCUT2D eigenvalue weighted by molar-refractivity contribution is -0.128. The SMILES string of the molecule is COc1cccc(CC2(CO)CCN(C(=O)/C=C/c3ccccn3)CC2)c1. The molecule has 1 saturated heterocycles. The van der Waals surface area contributed by atoms with Crippen LogP contribution in [0.4, 0.5) is 0 Å². The molecule has 142 valence electrons. The Morgan fingerprint density at radius 1 is 1.26 bits per heavy atom. The summed E-state index contributed by atoms with van der Waals surface area (Å²) in [4.78, 5) is 18.5. The average molecular weight is 366 g/mol. The van der Waals surface area contributed by atoms with Crippen LogP contribution in [0.15, 0.2) is 54.7 Å². The highest BCUT2D eigenvalue weighted by molar-refractivity contribution is 5.91. The van der Waals surface area contributed by atoms with E-state index < -0.39 is 0 Å². The minimum Gasteiger partial charge on any atom is -0.497 e. The quantitative estimate of drug-likeness (QED) is 0.799. The number of carbonyl (C=O) groups excluding carboxylic acids is 1. The third-order valence-electron chi connectivity index (χ3n) is 5.27. The second kappa shape index (κ2) is 8.82. The fourth-order valence-corrected chi connectivity index (χ4v) is 3.54. The largest absolute Gasteiger partial charge is 0.497 e. The van der Waals surface area contributed by atoms with Gasteiger partial charge < -0.3 is 14.7 Å². The van der Waals surface area contributed by atoms with Gasteiger partial charge in [0.05, 0.1) is 12.8 Å². The van der Waals surface area contributed by atoms with E-state index in [0.717, 1.165) is 36.3 Å². The number of pyridine rings is 1. The van der Waals surface area contributed by atoms with Crippen molar-refractivity contribution >= 4 is 12.0 Å². The Labute approximate surface area is 160 Å². The van der Waals surface area contributed by atoms with Crippen molar-refractivity contribution < 1.29 is 14.6 Å². The number of hydrogen-bond donors (Lipinski definition) is 1. The van der Waals surface area contributed by atoms with Crippen molar-refractivity contribution in [2.75, 3.05) is 26.8 Å². The number of likely N-dealkylation sites (tertiary alicyclic amines) is 1. The third-order valence-corrected chi connectivity index (χ3v) is 5.27. The molecule has 0 radical (unpaired) electrons. The zero-order valence-corrected chi connectivity index (χ0v) is 15.7. The van der Waals surface area contributed by atoms with Gasteiger partial charge in [-0.2, -0.15) is 0 Å². The molecular formula is C22H26N2O3. The topological polar surface area (TPSA) is 62.7 Å². The number of benzene rings is 1. The van der Waals surface area contributed by atoms with Crippen LogP contribution in [0, 0.1) is 5.41 Å². The summed E-state index contributed by atoms with van der Waals surface area (Å²) in [5.74, 6) is 0.821. The van der Waals surface area contributed by atoms with E-state index in [4.69, 9.17) is 4.74 Å². The van der Waals surface area contributed by atoms with Crippen LogP contribution in [0.3, 0.4) is 0 Å².